The highest BCUT2D eigenvalue weighted by Crippen LogP contribution is 2.19. The van der Waals surface area contributed by atoms with Gasteiger partial charge in [-0.05, 0) is 24.6 Å². The lowest BCUT2D eigenvalue weighted by Gasteiger charge is -2.23. The van der Waals surface area contributed by atoms with Crippen LogP contribution in [0.5, 0.6) is 0 Å². The first kappa shape index (κ1) is 18.5. The number of hydrogen-bond donors (Lipinski definition) is 2. The van der Waals surface area contributed by atoms with Crippen molar-refractivity contribution in [2.24, 2.45) is 0 Å². The van der Waals surface area contributed by atoms with Gasteiger partial charge in [0.15, 0.2) is 6.04 Å². The minimum atomic E-state index is -1.45. The summed E-state index contributed by atoms with van der Waals surface area (Å²) in [4.78, 5) is 24.4. The van der Waals surface area contributed by atoms with Crippen LogP contribution < -0.4 is 5.32 Å². The number of amides is 1. The third kappa shape index (κ3) is 4.60. The van der Waals surface area contributed by atoms with E-state index >= 15 is 0 Å². The van der Waals surface area contributed by atoms with Crippen molar-refractivity contribution in [3.8, 4) is 0 Å². The van der Waals surface area contributed by atoms with E-state index in [-0.39, 0.29) is 6.61 Å². The van der Waals surface area contributed by atoms with Gasteiger partial charge in [0.1, 0.15) is 17.7 Å². The molecule has 7 heteroatoms. The van der Waals surface area contributed by atoms with Gasteiger partial charge in [-0.2, -0.15) is 0 Å². The fourth-order valence-electron chi connectivity index (χ4n) is 2.23. The van der Waals surface area contributed by atoms with Crippen molar-refractivity contribution >= 4 is 11.9 Å². The number of carbonyl (C=O) groups is 2. The average Bonchev–Trinajstić information content (AvgIpc) is 2.59. The monoisotopic (exact) mass is 349 g/mol. The molecule has 0 heterocycles. The van der Waals surface area contributed by atoms with Gasteiger partial charge in [-0.3, -0.25) is 4.79 Å². The Morgan fingerprint density at radius 3 is 2.44 bits per heavy atom. The number of esters is 1. The Morgan fingerprint density at radius 1 is 1.16 bits per heavy atom. The van der Waals surface area contributed by atoms with Crippen LogP contribution in [0.25, 0.3) is 0 Å². The van der Waals surface area contributed by atoms with Crippen LogP contribution in [0.2, 0.25) is 0 Å². The van der Waals surface area contributed by atoms with E-state index in [1.165, 1.54) is 0 Å². The fourth-order valence-corrected chi connectivity index (χ4v) is 2.23. The summed E-state index contributed by atoms with van der Waals surface area (Å²) in [6.07, 6.45) is -1.40. The van der Waals surface area contributed by atoms with Crippen molar-refractivity contribution in [1.82, 2.24) is 5.32 Å². The second kappa shape index (κ2) is 8.34. The van der Waals surface area contributed by atoms with Crippen LogP contribution in [0.3, 0.4) is 0 Å². The van der Waals surface area contributed by atoms with Crippen LogP contribution in [0.4, 0.5) is 8.78 Å². The zero-order valence-corrected chi connectivity index (χ0v) is 13.4. The fraction of sp³-hybridized carbons (Fsp3) is 0.222. The van der Waals surface area contributed by atoms with Gasteiger partial charge in [0, 0.05) is 6.07 Å². The third-order valence-electron chi connectivity index (χ3n) is 3.46. The number of halogens is 2. The third-order valence-corrected chi connectivity index (χ3v) is 3.46. The number of carbonyl (C=O) groups excluding carboxylic acids is 2. The molecule has 0 aliphatic carbocycles. The SMILES string of the molecule is CCOC(=O)C(NC(=O)c1ccc(F)cc1F)C(O)c1ccccc1. The number of rotatable bonds is 6. The molecule has 2 aromatic carbocycles. The van der Waals surface area contributed by atoms with Gasteiger partial charge >= 0.3 is 5.97 Å². The van der Waals surface area contributed by atoms with Crippen LogP contribution in [0, 0.1) is 11.6 Å². The summed E-state index contributed by atoms with van der Waals surface area (Å²) in [5.41, 5.74) is -0.0728. The molecule has 2 unspecified atom stereocenters. The highest BCUT2D eigenvalue weighted by molar-refractivity contribution is 5.97. The topological polar surface area (TPSA) is 75.6 Å². The minimum Gasteiger partial charge on any atom is -0.464 e. The summed E-state index contributed by atoms with van der Waals surface area (Å²) in [6, 6.07) is 9.17. The lowest BCUT2D eigenvalue weighted by atomic mass is 10.0. The lowest BCUT2D eigenvalue weighted by molar-refractivity contribution is -0.148. The first-order valence-electron chi connectivity index (χ1n) is 7.59. The zero-order valence-electron chi connectivity index (χ0n) is 13.4. The van der Waals surface area contributed by atoms with E-state index in [0.717, 1.165) is 12.1 Å². The van der Waals surface area contributed by atoms with Crippen LogP contribution >= 0.6 is 0 Å². The Bertz CT molecular complexity index is 752. The normalized spacial score (nSPS) is 13.0. The van der Waals surface area contributed by atoms with E-state index < -0.39 is 41.2 Å². The van der Waals surface area contributed by atoms with Crippen molar-refractivity contribution in [2.45, 2.75) is 19.1 Å². The number of aliphatic hydroxyl groups excluding tert-OH is 1. The first-order chi connectivity index (χ1) is 11.9. The number of benzene rings is 2. The molecular weight excluding hydrogens is 332 g/mol. The van der Waals surface area contributed by atoms with Crippen molar-refractivity contribution in [2.75, 3.05) is 6.61 Å². The van der Waals surface area contributed by atoms with Gasteiger partial charge in [-0.15, -0.1) is 0 Å². The quantitative estimate of drug-likeness (QED) is 0.785. The molecule has 0 aliphatic rings. The second-order valence-electron chi connectivity index (χ2n) is 5.18. The van der Waals surface area contributed by atoms with Gasteiger partial charge in [0.2, 0.25) is 0 Å². The molecule has 0 bridgehead atoms. The van der Waals surface area contributed by atoms with E-state index in [1.807, 2.05) is 0 Å². The molecule has 0 spiro atoms. The largest absolute Gasteiger partial charge is 0.464 e. The summed E-state index contributed by atoms with van der Waals surface area (Å²) in [5, 5.41) is 12.7. The number of ether oxygens (including phenoxy) is 1. The minimum absolute atomic E-state index is 0.0393. The Labute approximate surface area is 143 Å². The number of nitrogens with one attached hydrogen (secondary N) is 1. The standard InChI is InChI=1S/C18H17F2NO4/c1-2-25-18(24)15(16(22)11-6-4-3-5-7-11)21-17(23)13-9-8-12(19)10-14(13)20/h3-10,15-16,22H,2H2,1H3,(H,21,23). The summed E-state index contributed by atoms with van der Waals surface area (Å²) in [7, 11) is 0. The summed E-state index contributed by atoms with van der Waals surface area (Å²) in [6.45, 7) is 1.61. The molecule has 0 aromatic heterocycles. The van der Waals surface area contributed by atoms with E-state index in [2.05, 4.69) is 5.32 Å². The molecule has 0 saturated carbocycles. The van der Waals surface area contributed by atoms with Crippen molar-refractivity contribution in [3.05, 3.63) is 71.3 Å². The maximum Gasteiger partial charge on any atom is 0.331 e. The van der Waals surface area contributed by atoms with Crippen LogP contribution in [0.1, 0.15) is 28.9 Å². The Hall–Kier alpha value is -2.80. The molecule has 1 amide bonds. The lowest BCUT2D eigenvalue weighted by Crippen LogP contribution is -2.46. The molecule has 2 aromatic rings. The molecular formula is C18H17F2NO4. The van der Waals surface area contributed by atoms with Crippen molar-refractivity contribution in [1.29, 1.82) is 0 Å². The number of aliphatic hydroxyl groups is 1. The number of hydrogen-bond acceptors (Lipinski definition) is 4. The van der Waals surface area contributed by atoms with Gasteiger partial charge in [0.05, 0.1) is 12.2 Å². The van der Waals surface area contributed by atoms with Gasteiger partial charge < -0.3 is 15.2 Å². The molecule has 25 heavy (non-hydrogen) atoms. The average molecular weight is 349 g/mol. The van der Waals surface area contributed by atoms with Crippen LogP contribution in [0.15, 0.2) is 48.5 Å². The first-order valence-corrected chi connectivity index (χ1v) is 7.59. The molecule has 0 saturated heterocycles. The van der Waals surface area contributed by atoms with E-state index in [4.69, 9.17) is 4.74 Å². The summed E-state index contributed by atoms with van der Waals surface area (Å²) >= 11 is 0. The van der Waals surface area contributed by atoms with Gasteiger partial charge in [-0.25, -0.2) is 13.6 Å². The maximum absolute atomic E-state index is 13.7. The van der Waals surface area contributed by atoms with Crippen LogP contribution in [-0.2, 0) is 9.53 Å². The molecule has 5 nitrogen and oxygen atoms in total. The Balaban J connectivity index is 2.26. The maximum atomic E-state index is 13.7. The van der Waals surface area contributed by atoms with Gasteiger partial charge in [-0.1, -0.05) is 30.3 Å². The molecule has 132 valence electrons. The predicted octanol–water partition coefficient (Wildman–Crippen LogP) is 2.36. The van der Waals surface area contributed by atoms with E-state index in [0.29, 0.717) is 11.6 Å². The zero-order chi connectivity index (χ0) is 18.4. The van der Waals surface area contributed by atoms with Crippen LogP contribution in [-0.4, -0.2) is 29.6 Å². The van der Waals surface area contributed by atoms with Crippen molar-refractivity contribution < 1.29 is 28.2 Å². The molecule has 2 atom stereocenters. The highest BCUT2D eigenvalue weighted by Gasteiger charge is 2.31. The molecule has 2 rings (SSSR count). The second-order valence-corrected chi connectivity index (χ2v) is 5.18. The smallest absolute Gasteiger partial charge is 0.331 e. The summed E-state index contributed by atoms with van der Waals surface area (Å²) in [5.74, 6) is -3.74. The van der Waals surface area contributed by atoms with Crippen molar-refractivity contribution in [3.63, 3.8) is 0 Å². The molecule has 2 N–H and O–H groups in total. The summed E-state index contributed by atoms with van der Waals surface area (Å²) < 4.78 is 31.6. The molecule has 0 fully saturated rings. The highest BCUT2D eigenvalue weighted by atomic mass is 19.1. The molecule has 0 radical (unpaired) electrons. The predicted molar refractivity (Wildman–Crippen MR) is 85.6 cm³/mol. The Morgan fingerprint density at radius 2 is 1.84 bits per heavy atom. The van der Waals surface area contributed by atoms with E-state index in [9.17, 15) is 23.5 Å². The Kier molecular flexibility index (Phi) is 6.19. The van der Waals surface area contributed by atoms with E-state index in [1.54, 1.807) is 37.3 Å². The van der Waals surface area contributed by atoms with Gasteiger partial charge in [0.25, 0.3) is 5.91 Å². The molecule has 0 aliphatic heterocycles.